The minimum absolute atomic E-state index is 0.0944. The third-order valence-corrected chi connectivity index (χ3v) is 2.61. The van der Waals surface area contributed by atoms with Crippen molar-refractivity contribution in [2.75, 3.05) is 19.6 Å². The maximum atomic E-state index is 11.6. The number of hydrogen-bond donors (Lipinski definition) is 1. The van der Waals surface area contributed by atoms with Gasteiger partial charge in [-0.3, -0.25) is 9.59 Å². The zero-order chi connectivity index (χ0) is 11.8. The van der Waals surface area contributed by atoms with Gasteiger partial charge in [-0.25, -0.2) is 0 Å². The lowest BCUT2D eigenvalue weighted by atomic mass is 10.1. The first kappa shape index (κ1) is 12.5. The van der Waals surface area contributed by atoms with Crippen molar-refractivity contribution >= 4 is 11.8 Å². The second kappa shape index (κ2) is 6.83. The summed E-state index contributed by atoms with van der Waals surface area (Å²) in [6.45, 7) is 2.01. The van der Waals surface area contributed by atoms with Crippen molar-refractivity contribution in [2.24, 2.45) is 0 Å². The van der Waals surface area contributed by atoms with E-state index in [0.29, 0.717) is 13.0 Å². The quantitative estimate of drug-likeness (QED) is 0.750. The molecule has 1 rings (SSSR count). The van der Waals surface area contributed by atoms with Crippen molar-refractivity contribution in [2.45, 2.75) is 32.1 Å². The van der Waals surface area contributed by atoms with Crippen LogP contribution in [0.3, 0.4) is 0 Å². The first-order chi connectivity index (χ1) is 7.74. The highest BCUT2D eigenvalue weighted by atomic mass is 16.2. The predicted molar refractivity (Wildman–Crippen MR) is 58.3 cm³/mol. The fraction of sp³-hybridized carbons (Fsp3) is 0.727. The number of nitrogens with zero attached hydrogens (tertiary/aromatic N) is 2. The average Bonchev–Trinajstić information content (AvgIpc) is 2.30. The smallest absolute Gasteiger partial charge is 0.234 e. The normalized spacial score (nSPS) is 15.3. The van der Waals surface area contributed by atoms with Crippen molar-refractivity contribution < 1.29 is 9.59 Å². The van der Waals surface area contributed by atoms with Crippen molar-refractivity contribution in [3.05, 3.63) is 0 Å². The van der Waals surface area contributed by atoms with Crippen LogP contribution >= 0.6 is 0 Å². The highest BCUT2D eigenvalue weighted by molar-refractivity contribution is 5.80. The van der Waals surface area contributed by atoms with E-state index in [2.05, 4.69) is 5.32 Å². The molecule has 88 valence electrons. The second-order valence-corrected chi connectivity index (χ2v) is 3.88. The number of piperidine rings is 1. The van der Waals surface area contributed by atoms with Crippen molar-refractivity contribution in [3.63, 3.8) is 0 Å². The summed E-state index contributed by atoms with van der Waals surface area (Å²) in [5, 5.41) is 10.8. The minimum Gasteiger partial charge on any atom is -0.355 e. The molecule has 5 heteroatoms. The first-order valence-corrected chi connectivity index (χ1v) is 5.65. The Morgan fingerprint density at radius 2 is 1.94 bits per heavy atom. The molecular formula is C11H17N3O2. The Bertz CT molecular complexity index is 290. The summed E-state index contributed by atoms with van der Waals surface area (Å²) in [6, 6.07) is 1.76. The van der Waals surface area contributed by atoms with E-state index < -0.39 is 0 Å². The van der Waals surface area contributed by atoms with Gasteiger partial charge in [0.25, 0.3) is 0 Å². The first-order valence-electron chi connectivity index (χ1n) is 5.65. The Morgan fingerprint density at radius 3 is 2.56 bits per heavy atom. The number of amides is 2. The maximum Gasteiger partial charge on any atom is 0.234 e. The van der Waals surface area contributed by atoms with E-state index in [1.807, 2.05) is 4.90 Å². The van der Waals surface area contributed by atoms with E-state index in [1.54, 1.807) is 6.07 Å². The summed E-state index contributed by atoms with van der Waals surface area (Å²) in [6.07, 6.45) is 3.54. The molecule has 0 aliphatic carbocycles. The minimum atomic E-state index is -0.311. The zero-order valence-electron chi connectivity index (χ0n) is 9.37. The van der Waals surface area contributed by atoms with Gasteiger partial charge in [-0.1, -0.05) is 0 Å². The van der Waals surface area contributed by atoms with Crippen LogP contribution in [0.25, 0.3) is 0 Å². The molecule has 1 aliphatic rings. The van der Waals surface area contributed by atoms with E-state index in [1.165, 1.54) is 6.42 Å². The van der Waals surface area contributed by atoms with Crippen LogP contribution in [0.4, 0.5) is 0 Å². The summed E-state index contributed by atoms with van der Waals surface area (Å²) in [7, 11) is 0. The molecule has 16 heavy (non-hydrogen) atoms. The number of hydrogen-bond acceptors (Lipinski definition) is 3. The molecule has 0 aromatic rings. The highest BCUT2D eigenvalue weighted by Crippen LogP contribution is 2.09. The molecule has 1 N–H and O–H groups in total. The van der Waals surface area contributed by atoms with Crippen LogP contribution in [0.1, 0.15) is 32.1 Å². The number of nitriles is 1. The molecular weight excluding hydrogens is 206 g/mol. The molecule has 0 saturated carbocycles. The standard InChI is InChI=1S/C11H17N3O2/c12-6-4-10(15)13-7-5-11(16)14-8-2-1-3-9-14/h1-5,7-9H2,(H,13,15). The predicted octanol–water partition coefficient (Wildman–Crippen LogP) is 0.419. The van der Waals surface area contributed by atoms with Gasteiger partial charge in [0.05, 0.1) is 6.07 Å². The monoisotopic (exact) mass is 223 g/mol. The van der Waals surface area contributed by atoms with Gasteiger partial charge in [-0.2, -0.15) is 5.26 Å². The molecule has 1 saturated heterocycles. The molecule has 0 aromatic heterocycles. The number of carbonyl (C=O) groups is 2. The molecule has 5 nitrogen and oxygen atoms in total. The van der Waals surface area contributed by atoms with Crippen molar-refractivity contribution in [3.8, 4) is 6.07 Å². The Morgan fingerprint density at radius 1 is 1.25 bits per heavy atom. The summed E-state index contributed by atoms with van der Waals surface area (Å²) in [4.78, 5) is 24.4. The molecule has 0 atom stereocenters. The molecule has 0 aromatic carbocycles. The van der Waals surface area contributed by atoms with Crippen LogP contribution in [0, 0.1) is 11.3 Å². The van der Waals surface area contributed by atoms with E-state index in [-0.39, 0.29) is 18.2 Å². The van der Waals surface area contributed by atoms with Crippen molar-refractivity contribution in [1.29, 1.82) is 5.26 Å². The molecule has 0 unspecified atom stereocenters. The fourth-order valence-electron chi connectivity index (χ4n) is 1.74. The molecule has 1 fully saturated rings. The Balaban J connectivity index is 2.14. The van der Waals surface area contributed by atoms with Gasteiger partial charge in [0.2, 0.25) is 11.8 Å². The number of nitrogens with one attached hydrogen (secondary N) is 1. The molecule has 0 spiro atoms. The Labute approximate surface area is 95.4 Å². The van der Waals surface area contributed by atoms with Crippen molar-refractivity contribution in [1.82, 2.24) is 10.2 Å². The van der Waals surface area contributed by atoms with Gasteiger partial charge in [0.1, 0.15) is 6.42 Å². The van der Waals surface area contributed by atoms with Crippen LogP contribution in [0.15, 0.2) is 0 Å². The average molecular weight is 223 g/mol. The van der Waals surface area contributed by atoms with E-state index in [4.69, 9.17) is 5.26 Å². The van der Waals surface area contributed by atoms with Crippen LogP contribution in [0.5, 0.6) is 0 Å². The lowest BCUT2D eigenvalue weighted by molar-refractivity contribution is -0.132. The molecule has 0 radical (unpaired) electrons. The molecule has 2 amide bonds. The second-order valence-electron chi connectivity index (χ2n) is 3.88. The lowest BCUT2D eigenvalue weighted by Crippen LogP contribution is -2.37. The van der Waals surface area contributed by atoms with Crippen LogP contribution in [0.2, 0.25) is 0 Å². The van der Waals surface area contributed by atoms with Crippen LogP contribution in [-0.4, -0.2) is 36.3 Å². The van der Waals surface area contributed by atoms with Gasteiger partial charge >= 0.3 is 0 Å². The van der Waals surface area contributed by atoms with Gasteiger partial charge in [0.15, 0.2) is 0 Å². The number of rotatable bonds is 4. The third-order valence-electron chi connectivity index (χ3n) is 2.61. The van der Waals surface area contributed by atoms with Gasteiger partial charge < -0.3 is 10.2 Å². The molecule has 1 aliphatic heterocycles. The van der Waals surface area contributed by atoms with Gasteiger partial charge in [-0.05, 0) is 19.3 Å². The van der Waals surface area contributed by atoms with E-state index >= 15 is 0 Å². The van der Waals surface area contributed by atoms with Crippen LogP contribution < -0.4 is 5.32 Å². The van der Waals surface area contributed by atoms with E-state index in [9.17, 15) is 9.59 Å². The molecule has 0 bridgehead atoms. The SMILES string of the molecule is N#CCC(=O)NCCC(=O)N1CCCCC1. The number of likely N-dealkylation sites (tertiary alicyclic amines) is 1. The number of carbonyl (C=O) groups excluding carboxylic acids is 2. The Kier molecular flexibility index (Phi) is 5.34. The zero-order valence-corrected chi connectivity index (χ0v) is 9.37. The van der Waals surface area contributed by atoms with Gasteiger partial charge in [-0.15, -0.1) is 0 Å². The molecule has 1 heterocycles. The third kappa shape index (κ3) is 4.30. The van der Waals surface area contributed by atoms with E-state index in [0.717, 1.165) is 25.9 Å². The summed E-state index contributed by atoms with van der Waals surface area (Å²) >= 11 is 0. The largest absolute Gasteiger partial charge is 0.355 e. The fourth-order valence-corrected chi connectivity index (χ4v) is 1.74. The van der Waals surface area contributed by atoms with Crippen LogP contribution in [-0.2, 0) is 9.59 Å². The summed E-state index contributed by atoms with van der Waals surface area (Å²) < 4.78 is 0. The maximum absolute atomic E-state index is 11.6. The highest BCUT2D eigenvalue weighted by Gasteiger charge is 2.15. The van der Waals surface area contributed by atoms with Gasteiger partial charge in [0, 0.05) is 26.1 Å². The topological polar surface area (TPSA) is 73.2 Å². The summed E-state index contributed by atoms with van der Waals surface area (Å²) in [5.41, 5.74) is 0. The Hall–Kier alpha value is -1.57. The lowest BCUT2D eigenvalue weighted by Gasteiger charge is -2.26. The summed E-state index contributed by atoms with van der Waals surface area (Å²) in [5.74, 6) is -0.217.